The summed E-state index contributed by atoms with van der Waals surface area (Å²) in [6.07, 6.45) is 0. The molecule has 0 aromatic heterocycles. The third-order valence-corrected chi connectivity index (χ3v) is 6.08. The number of imide groups is 1. The monoisotopic (exact) mass is 540 g/mol. The number of anilines is 3. The van der Waals surface area contributed by atoms with Gasteiger partial charge in [0.1, 0.15) is 16.5 Å². The van der Waals surface area contributed by atoms with Crippen LogP contribution in [0.3, 0.4) is 0 Å². The Morgan fingerprint density at radius 3 is 2.43 bits per heavy atom. The molecule has 3 aromatic rings. The van der Waals surface area contributed by atoms with Gasteiger partial charge in [-0.3, -0.25) is 24.5 Å². The van der Waals surface area contributed by atoms with Crippen LogP contribution in [-0.2, 0) is 9.59 Å². The first-order chi connectivity index (χ1) is 17.6. The van der Waals surface area contributed by atoms with E-state index in [-0.39, 0.29) is 39.1 Å². The van der Waals surface area contributed by atoms with E-state index in [1.54, 1.807) is 31.2 Å². The molecule has 0 unspecified atom stereocenters. The zero-order valence-electron chi connectivity index (χ0n) is 19.4. The first-order valence-corrected chi connectivity index (χ1v) is 11.4. The van der Waals surface area contributed by atoms with Gasteiger partial charge in [-0.05, 0) is 48.9 Å². The van der Waals surface area contributed by atoms with E-state index in [0.717, 1.165) is 4.90 Å². The van der Waals surface area contributed by atoms with Crippen LogP contribution in [0.5, 0.6) is 5.75 Å². The molecule has 0 saturated heterocycles. The van der Waals surface area contributed by atoms with Crippen molar-refractivity contribution in [3.05, 3.63) is 97.7 Å². The zero-order chi connectivity index (χ0) is 26.9. The molecule has 3 amide bonds. The minimum atomic E-state index is -0.722. The maximum Gasteiger partial charge on any atom is 0.283 e. The second-order valence-electron chi connectivity index (χ2n) is 7.87. The van der Waals surface area contributed by atoms with Crippen LogP contribution >= 0.6 is 23.2 Å². The van der Waals surface area contributed by atoms with Crippen LogP contribution in [0.15, 0.2) is 71.4 Å². The molecule has 3 aromatic carbocycles. The average molecular weight is 541 g/mol. The van der Waals surface area contributed by atoms with Crippen molar-refractivity contribution in [1.82, 2.24) is 0 Å². The lowest BCUT2D eigenvalue weighted by Crippen LogP contribution is -2.32. The van der Waals surface area contributed by atoms with Gasteiger partial charge in [-0.15, -0.1) is 0 Å². The van der Waals surface area contributed by atoms with Crippen molar-refractivity contribution in [3.8, 4) is 5.75 Å². The third-order valence-electron chi connectivity index (χ3n) is 5.50. The molecule has 10 nitrogen and oxygen atoms in total. The third kappa shape index (κ3) is 5.11. The van der Waals surface area contributed by atoms with Crippen LogP contribution in [-0.4, -0.2) is 29.8 Å². The predicted octanol–water partition coefficient (Wildman–Crippen LogP) is 5.25. The number of rotatable bonds is 7. The molecular formula is C25H18Cl2N4O6. The number of halogens is 2. The van der Waals surface area contributed by atoms with Gasteiger partial charge in [-0.2, -0.15) is 0 Å². The summed E-state index contributed by atoms with van der Waals surface area (Å²) in [7, 11) is 1.37. The fourth-order valence-corrected chi connectivity index (χ4v) is 3.99. The number of hydrogen-bond donors (Lipinski definition) is 2. The number of benzene rings is 3. The number of methoxy groups -OCH3 is 1. The first kappa shape index (κ1) is 25.7. The summed E-state index contributed by atoms with van der Waals surface area (Å²) >= 11 is 12.2. The summed E-state index contributed by atoms with van der Waals surface area (Å²) in [5.41, 5.74) is 1.15. The molecule has 37 heavy (non-hydrogen) atoms. The Labute approximate surface area is 220 Å². The highest BCUT2D eigenvalue weighted by atomic mass is 35.5. The summed E-state index contributed by atoms with van der Waals surface area (Å²) in [6.45, 7) is 1.73. The molecule has 12 heteroatoms. The second kappa shape index (κ2) is 10.3. The number of aryl methyl sites for hydroxylation is 1. The number of ether oxygens (including phenoxy) is 1. The van der Waals surface area contributed by atoms with Gasteiger partial charge < -0.3 is 15.4 Å². The van der Waals surface area contributed by atoms with Crippen molar-refractivity contribution in [2.24, 2.45) is 0 Å². The number of hydrogen-bond acceptors (Lipinski definition) is 7. The molecule has 0 fully saturated rings. The molecule has 1 aliphatic heterocycles. The van der Waals surface area contributed by atoms with Crippen molar-refractivity contribution < 1.29 is 24.0 Å². The summed E-state index contributed by atoms with van der Waals surface area (Å²) < 4.78 is 5.18. The first-order valence-electron chi connectivity index (χ1n) is 10.7. The van der Waals surface area contributed by atoms with E-state index in [1.165, 1.54) is 43.5 Å². The molecule has 2 N–H and O–H groups in total. The van der Waals surface area contributed by atoms with E-state index >= 15 is 0 Å². The van der Waals surface area contributed by atoms with Crippen LogP contribution in [0.1, 0.15) is 15.9 Å². The van der Waals surface area contributed by atoms with Crippen LogP contribution in [0.4, 0.5) is 22.7 Å². The van der Waals surface area contributed by atoms with E-state index in [9.17, 15) is 24.5 Å². The lowest BCUT2D eigenvalue weighted by atomic mass is 10.1. The molecule has 0 radical (unpaired) electrons. The molecule has 0 aliphatic carbocycles. The number of carbonyl (C=O) groups is 3. The van der Waals surface area contributed by atoms with Crippen molar-refractivity contribution >= 4 is 63.7 Å². The standard InChI is InChI=1S/C25H18Cl2N4O6/c1-13-6-7-14(23(32)29-19-12-17(31(35)36)8-9-20(19)37-2)10-18(13)28-22-21(27)24(33)30(25(22)34)16-5-3-4-15(26)11-16/h3-12,28H,1-2H3,(H,29,32). The van der Waals surface area contributed by atoms with E-state index in [4.69, 9.17) is 27.9 Å². The van der Waals surface area contributed by atoms with Gasteiger partial charge in [-0.25, -0.2) is 4.90 Å². The lowest BCUT2D eigenvalue weighted by molar-refractivity contribution is -0.384. The summed E-state index contributed by atoms with van der Waals surface area (Å²) in [5, 5.41) is 16.6. The van der Waals surface area contributed by atoms with Gasteiger partial charge in [0, 0.05) is 28.4 Å². The highest BCUT2D eigenvalue weighted by Crippen LogP contribution is 2.33. The Hall–Kier alpha value is -4.41. The molecule has 0 spiro atoms. The van der Waals surface area contributed by atoms with Crippen molar-refractivity contribution in [3.63, 3.8) is 0 Å². The van der Waals surface area contributed by atoms with Crippen LogP contribution in [0.25, 0.3) is 0 Å². The predicted molar refractivity (Wildman–Crippen MR) is 139 cm³/mol. The van der Waals surface area contributed by atoms with E-state index in [0.29, 0.717) is 16.3 Å². The Bertz CT molecular complexity index is 1500. The maximum atomic E-state index is 13.1. The average Bonchev–Trinajstić information content (AvgIpc) is 3.08. The topological polar surface area (TPSA) is 131 Å². The number of nitro groups is 1. The number of non-ortho nitro benzene ring substituents is 1. The SMILES string of the molecule is COc1ccc([N+](=O)[O-])cc1NC(=O)c1ccc(C)c(NC2=C(Cl)C(=O)N(c3cccc(Cl)c3)C2=O)c1. The van der Waals surface area contributed by atoms with Gasteiger partial charge >= 0.3 is 0 Å². The minimum Gasteiger partial charge on any atom is -0.495 e. The van der Waals surface area contributed by atoms with Gasteiger partial charge in [0.25, 0.3) is 23.4 Å². The largest absolute Gasteiger partial charge is 0.495 e. The fourth-order valence-electron chi connectivity index (χ4n) is 3.60. The van der Waals surface area contributed by atoms with Crippen molar-refractivity contribution in [2.75, 3.05) is 22.6 Å². The highest BCUT2D eigenvalue weighted by molar-refractivity contribution is 6.53. The van der Waals surface area contributed by atoms with Crippen LogP contribution in [0.2, 0.25) is 5.02 Å². The van der Waals surface area contributed by atoms with Gasteiger partial charge in [0.15, 0.2) is 0 Å². The maximum absolute atomic E-state index is 13.1. The van der Waals surface area contributed by atoms with Gasteiger partial charge in [0.05, 0.1) is 23.4 Å². The molecule has 4 rings (SSSR count). The van der Waals surface area contributed by atoms with Crippen molar-refractivity contribution in [1.29, 1.82) is 0 Å². The van der Waals surface area contributed by atoms with Gasteiger partial charge in [-0.1, -0.05) is 35.3 Å². The molecule has 188 valence electrons. The molecule has 0 atom stereocenters. The Balaban J connectivity index is 1.60. The lowest BCUT2D eigenvalue weighted by Gasteiger charge is -2.16. The molecule has 1 aliphatic rings. The number of nitrogens with one attached hydrogen (secondary N) is 2. The number of nitro benzene ring substituents is 1. The highest BCUT2D eigenvalue weighted by Gasteiger charge is 2.39. The summed E-state index contributed by atoms with van der Waals surface area (Å²) in [4.78, 5) is 50.2. The molecule has 1 heterocycles. The molecule has 0 bridgehead atoms. The number of nitrogens with zero attached hydrogens (tertiary/aromatic N) is 2. The molecular weight excluding hydrogens is 523 g/mol. The van der Waals surface area contributed by atoms with Crippen molar-refractivity contribution in [2.45, 2.75) is 6.92 Å². The van der Waals surface area contributed by atoms with Crippen LogP contribution in [0, 0.1) is 17.0 Å². The van der Waals surface area contributed by atoms with Crippen LogP contribution < -0.4 is 20.3 Å². The van der Waals surface area contributed by atoms with E-state index < -0.39 is 22.6 Å². The minimum absolute atomic E-state index is 0.108. The Morgan fingerprint density at radius 1 is 1.00 bits per heavy atom. The zero-order valence-corrected chi connectivity index (χ0v) is 20.9. The quantitative estimate of drug-likeness (QED) is 0.237. The normalized spacial score (nSPS) is 13.1. The fraction of sp³-hybridized carbons (Fsp3) is 0.0800. The van der Waals surface area contributed by atoms with E-state index in [2.05, 4.69) is 10.6 Å². The second-order valence-corrected chi connectivity index (χ2v) is 8.68. The van der Waals surface area contributed by atoms with Gasteiger partial charge in [0.2, 0.25) is 0 Å². The Morgan fingerprint density at radius 2 is 1.76 bits per heavy atom. The Kier molecular flexibility index (Phi) is 7.14. The smallest absolute Gasteiger partial charge is 0.283 e. The number of amides is 3. The summed E-state index contributed by atoms with van der Waals surface area (Å²) in [5.74, 6) is -1.76. The summed E-state index contributed by atoms with van der Waals surface area (Å²) in [6, 6.07) is 14.7. The van der Waals surface area contributed by atoms with E-state index in [1.807, 2.05) is 0 Å². The molecule has 0 saturated carbocycles. The number of carbonyl (C=O) groups excluding carboxylic acids is 3.